The summed E-state index contributed by atoms with van der Waals surface area (Å²) in [6.45, 7) is 2.01. The highest BCUT2D eigenvalue weighted by atomic mass is 32.2. The fourth-order valence-corrected chi connectivity index (χ4v) is 3.53. The molecule has 0 N–H and O–H groups in total. The van der Waals surface area contributed by atoms with Gasteiger partial charge in [-0.3, -0.25) is 13.8 Å². The third kappa shape index (κ3) is 2.43. The molecule has 3 aromatic rings. The van der Waals surface area contributed by atoms with Crippen LogP contribution in [0.3, 0.4) is 0 Å². The van der Waals surface area contributed by atoms with Crippen LogP contribution >= 0.6 is 11.8 Å². The summed E-state index contributed by atoms with van der Waals surface area (Å²) in [5.41, 5.74) is 2.20. The van der Waals surface area contributed by atoms with Crippen molar-refractivity contribution < 1.29 is 0 Å². The van der Waals surface area contributed by atoms with Gasteiger partial charge in [0.2, 0.25) is 5.65 Å². The average Bonchev–Trinajstić information content (AvgIpc) is 3.25. The van der Waals surface area contributed by atoms with Crippen LogP contribution in [0.15, 0.2) is 46.6 Å². The van der Waals surface area contributed by atoms with Gasteiger partial charge in [-0.15, -0.1) is 10.2 Å². The summed E-state index contributed by atoms with van der Waals surface area (Å²) in [5, 5.41) is 9.06. The van der Waals surface area contributed by atoms with Gasteiger partial charge >= 0.3 is 5.56 Å². The van der Waals surface area contributed by atoms with Gasteiger partial charge in [0, 0.05) is 23.8 Å². The van der Waals surface area contributed by atoms with E-state index in [9.17, 15) is 4.79 Å². The van der Waals surface area contributed by atoms with Gasteiger partial charge in [0.15, 0.2) is 5.16 Å². The molecule has 112 valence electrons. The van der Waals surface area contributed by atoms with E-state index in [1.54, 1.807) is 26.9 Å². The Morgan fingerprint density at radius 3 is 2.91 bits per heavy atom. The van der Waals surface area contributed by atoms with E-state index in [1.807, 2.05) is 37.4 Å². The molecule has 1 aliphatic carbocycles. The maximum atomic E-state index is 12.6. The van der Waals surface area contributed by atoms with Crippen molar-refractivity contribution in [3.05, 3.63) is 52.6 Å². The van der Waals surface area contributed by atoms with Crippen molar-refractivity contribution in [2.24, 2.45) is 5.92 Å². The van der Waals surface area contributed by atoms with E-state index >= 15 is 0 Å². The molecule has 0 saturated heterocycles. The second kappa shape index (κ2) is 5.28. The second-order valence-corrected chi connectivity index (χ2v) is 6.73. The van der Waals surface area contributed by atoms with Crippen LogP contribution in [0.4, 0.5) is 0 Å². The average molecular weight is 312 g/mol. The first-order valence-electron chi connectivity index (χ1n) is 7.38. The number of rotatable bonds is 4. The van der Waals surface area contributed by atoms with Gasteiger partial charge in [0.25, 0.3) is 0 Å². The lowest BCUT2D eigenvalue weighted by atomic mass is 10.2. The molecule has 4 rings (SSSR count). The highest BCUT2D eigenvalue weighted by molar-refractivity contribution is 7.99. The molecule has 22 heavy (non-hydrogen) atoms. The first kappa shape index (κ1) is 13.6. The molecule has 1 aliphatic rings. The van der Waals surface area contributed by atoms with E-state index in [0.29, 0.717) is 5.65 Å². The highest BCUT2D eigenvalue weighted by Crippen LogP contribution is 2.34. The van der Waals surface area contributed by atoms with Gasteiger partial charge < -0.3 is 0 Å². The van der Waals surface area contributed by atoms with Gasteiger partial charge in [-0.05, 0) is 43.4 Å². The number of thioether (sulfide) groups is 1. The standard InChI is InChI=1S/C16H16N4OS/c1-11-3-2-4-13(9-11)19-7-8-20-14(15(19)21)17-18-16(20)22-10-12-5-6-12/h2-4,7-9,12H,5-6,10H2,1H3. The molecule has 0 atom stereocenters. The zero-order valence-corrected chi connectivity index (χ0v) is 13.1. The predicted molar refractivity (Wildman–Crippen MR) is 86.8 cm³/mol. The maximum absolute atomic E-state index is 12.6. The molecule has 0 aliphatic heterocycles. The van der Waals surface area contributed by atoms with Gasteiger partial charge in [-0.1, -0.05) is 23.9 Å². The third-order valence-corrected chi connectivity index (χ3v) is 5.04. The number of benzene rings is 1. The number of aryl methyl sites for hydroxylation is 1. The fraction of sp³-hybridized carbons (Fsp3) is 0.312. The Hall–Kier alpha value is -2.08. The zero-order valence-electron chi connectivity index (χ0n) is 12.3. The molecule has 6 heteroatoms. The predicted octanol–water partition coefficient (Wildman–Crippen LogP) is 2.69. The number of hydrogen-bond donors (Lipinski definition) is 0. The first-order valence-corrected chi connectivity index (χ1v) is 8.37. The minimum Gasteiger partial charge on any atom is -0.280 e. The molecular weight excluding hydrogens is 296 g/mol. The van der Waals surface area contributed by atoms with Gasteiger partial charge in [0.05, 0.1) is 0 Å². The smallest absolute Gasteiger partial charge is 0.280 e. The second-order valence-electron chi connectivity index (χ2n) is 5.74. The van der Waals surface area contributed by atoms with Crippen LogP contribution in [0.1, 0.15) is 18.4 Å². The molecule has 1 aromatic carbocycles. The summed E-state index contributed by atoms with van der Waals surface area (Å²) in [7, 11) is 0. The van der Waals surface area contributed by atoms with E-state index in [-0.39, 0.29) is 5.56 Å². The van der Waals surface area contributed by atoms with Crippen LogP contribution in [0, 0.1) is 12.8 Å². The summed E-state index contributed by atoms with van der Waals surface area (Å²) in [6.07, 6.45) is 6.27. The maximum Gasteiger partial charge on any atom is 0.300 e. The molecule has 0 unspecified atom stereocenters. The summed E-state index contributed by atoms with van der Waals surface area (Å²) in [4.78, 5) is 12.6. The van der Waals surface area contributed by atoms with Gasteiger partial charge in [-0.25, -0.2) is 0 Å². The number of aromatic nitrogens is 4. The Balaban J connectivity index is 1.76. The molecule has 0 spiro atoms. The molecular formula is C16H16N4OS. The van der Waals surface area contributed by atoms with Crippen LogP contribution in [0.2, 0.25) is 0 Å². The molecule has 1 saturated carbocycles. The lowest BCUT2D eigenvalue weighted by Crippen LogP contribution is -2.20. The van der Waals surface area contributed by atoms with Crippen molar-refractivity contribution in [3.63, 3.8) is 0 Å². The van der Waals surface area contributed by atoms with E-state index in [1.165, 1.54) is 12.8 Å². The molecule has 0 bridgehead atoms. The van der Waals surface area contributed by atoms with Crippen molar-refractivity contribution >= 4 is 17.4 Å². The topological polar surface area (TPSA) is 52.2 Å². The monoisotopic (exact) mass is 312 g/mol. The molecule has 5 nitrogen and oxygen atoms in total. The highest BCUT2D eigenvalue weighted by Gasteiger charge is 2.22. The van der Waals surface area contributed by atoms with Gasteiger partial charge in [-0.2, -0.15) is 0 Å². The molecule has 0 amide bonds. The lowest BCUT2D eigenvalue weighted by molar-refractivity contribution is 0.887. The minimum absolute atomic E-state index is 0.140. The number of nitrogens with zero attached hydrogens (tertiary/aromatic N) is 4. The van der Waals surface area contributed by atoms with Crippen molar-refractivity contribution in [1.82, 2.24) is 19.2 Å². The first-order chi connectivity index (χ1) is 10.7. The Morgan fingerprint density at radius 1 is 1.27 bits per heavy atom. The molecule has 2 heterocycles. The minimum atomic E-state index is -0.140. The summed E-state index contributed by atoms with van der Waals surface area (Å²) >= 11 is 1.68. The Morgan fingerprint density at radius 2 is 2.14 bits per heavy atom. The van der Waals surface area contributed by atoms with Gasteiger partial charge in [0.1, 0.15) is 0 Å². The number of fused-ring (bicyclic) bond motifs is 1. The van der Waals surface area contributed by atoms with E-state index in [0.717, 1.165) is 28.1 Å². The third-order valence-electron chi connectivity index (χ3n) is 3.86. The largest absolute Gasteiger partial charge is 0.300 e. The zero-order chi connectivity index (χ0) is 15.1. The van der Waals surface area contributed by atoms with Crippen molar-refractivity contribution in [1.29, 1.82) is 0 Å². The van der Waals surface area contributed by atoms with Crippen molar-refractivity contribution in [2.75, 3.05) is 5.75 Å². The quantitative estimate of drug-likeness (QED) is 0.695. The molecule has 2 aromatic heterocycles. The number of hydrogen-bond acceptors (Lipinski definition) is 4. The SMILES string of the molecule is Cc1cccc(-n2ccn3c(SCC4CC4)nnc3c2=O)c1. The fourth-order valence-electron chi connectivity index (χ4n) is 2.42. The molecule has 0 radical (unpaired) electrons. The van der Waals surface area contributed by atoms with E-state index < -0.39 is 0 Å². The Kier molecular flexibility index (Phi) is 3.26. The summed E-state index contributed by atoms with van der Waals surface area (Å²) in [6, 6.07) is 7.86. The van der Waals surface area contributed by atoms with Crippen LogP contribution in [-0.4, -0.2) is 24.9 Å². The van der Waals surface area contributed by atoms with Crippen LogP contribution < -0.4 is 5.56 Å². The summed E-state index contributed by atoms with van der Waals surface area (Å²) in [5.74, 6) is 1.87. The van der Waals surface area contributed by atoms with E-state index in [4.69, 9.17) is 0 Å². The lowest BCUT2D eigenvalue weighted by Gasteiger charge is -2.07. The van der Waals surface area contributed by atoms with Crippen molar-refractivity contribution in [3.8, 4) is 5.69 Å². The van der Waals surface area contributed by atoms with E-state index in [2.05, 4.69) is 10.2 Å². The van der Waals surface area contributed by atoms with Crippen LogP contribution in [0.5, 0.6) is 0 Å². The van der Waals surface area contributed by atoms with Crippen molar-refractivity contribution in [2.45, 2.75) is 24.9 Å². The van der Waals surface area contributed by atoms with Crippen LogP contribution in [-0.2, 0) is 0 Å². The normalized spacial score (nSPS) is 14.6. The van der Waals surface area contributed by atoms with Crippen LogP contribution in [0.25, 0.3) is 11.3 Å². The molecule has 1 fully saturated rings. The summed E-state index contributed by atoms with van der Waals surface area (Å²) < 4.78 is 3.41. The Bertz CT molecular complexity index is 895. The Labute approximate surface area is 132 Å².